The molecule has 1 aliphatic heterocycles. The lowest BCUT2D eigenvalue weighted by Crippen LogP contribution is -2.27. The molecule has 186 valence electrons. The molecule has 0 N–H and O–H groups in total. The van der Waals surface area contributed by atoms with E-state index in [2.05, 4.69) is 36.6 Å². The lowest BCUT2D eigenvalue weighted by molar-refractivity contribution is -0.123. The van der Waals surface area contributed by atoms with Crippen molar-refractivity contribution in [2.75, 3.05) is 7.11 Å². The molecule has 1 aromatic heterocycles. The van der Waals surface area contributed by atoms with Crippen molar-refractivity contribution in [1.82, 2.24) is 4.90 Å². The molecule has 36 heavy (non-hydrogen) atoms. The van der Waals surface area contributed by atoms with Crippen LogP contribution in [0.2, 0.25) is 10.0 Å². The van der Waals surface area contributed by atoms with E-state index in [0.29, 0.717) is 30.3 Å². The van der Waals surface area contributed by atoms with Crippen LogP contribution in [0.25, 0.3) is 6.08 Å². The zero-order chi connectivity index (χ0) is 26.0. The fourth-order valence-electron chi connectivity index (χ4n) is 3.20. The molecule has 1 saturated heterocycles. The Morgan fingerprint density at radius 1 is 1.08 bits per heavy atom. The predicted octanol–water partition coefficient (Wildman–Crippen LogP) is 7.71. The Labute approximate surface area is 237 Å². The zero-order valence-corrected chi connectivity index (χ0v) is 23.9. The maximum atomic E-state index is 12.9. The summed E-state index contributed by atoms with van der Waals surface area (Å²) < 4.78 is 17.2. The van der Waals surface area contributed by atoms with Crippen LogP contribution >= 0.6 is 66.8 Å². The molecule has 2 aromatic carbocycles. The first-order valence-electron chi connectivity index (χ1n) is 10.1. The molecule has 2 heterocycles. The maximum absolute atomic E-state index is 12.9. The highest BCUT2D eigenvalue weighted by Gasteiger charge is 2.36. The normalized spacial score (nSPS) is 14.6. The van der Waals surface area contributed by atoms with Crippen molar-refractivity contribution >= 4 is 90.0 Å². The largest absolute Gasteiger partial charge is 0.487 e. The van der Waals surface area contributed by atoms with Gasteiger partial charge in [-0.25, -0.2) is 4.79 Å². The van der Waals surface area contributed by atoms with Gasteiger partial charge in [-0.2, -0.15) is 0 Å². The molecule has 4 rings (SSSR count). The molecule has 0 aliphatic carbocycles. The average molecular weight is 676 g/mol. The summed E-state index contributed by atoms with van der Waals surface area (Å²) in [5, 5.41) is 0.463. The standard InChI is InChI=1S/C24H15Br2Cl2NO6S/c1-33-23(31)19-5-3-14(35-19)10-29-22(30)20(36-24(29)32)9-13-6-15(25)21(16(26)7-13)34-11-12-2-4-17(27)18(28)8-12/h2-9H,10-11H2,1H3/b20-9+. The van der Waals surface area contributed by atoms with Crippen LogP contribution in [0.3, 0.4) is 0 Å². The molecule has 7 nitrogen and oxygen atoms in total. The molecular formula is C24H15Br2Cl2NO6S. The molecule has 0 saturated carbocycles. The van der Waals surface area contributed by atoms with Gasteiger partial charge in [0.15, 0.2) is 0 Å². The second kappa shape index (κ2) is 11.4. The van der Waals surface area contributed by atoms with Gasteiger partial charge in [-0.05, 0) is 97.2 Å². The van der Waals surface area contributed by atoms with Gasteiger partial charge in [-0.1, -0.05) is 29.3 Å². The van der Waals surface area contributed by atoms with E-state index in [1.165, 1.54) is 19.2 Å². The van der Waals surface area contributed by atoms with Crippen molar-refractivity contribution in [2.24, 2.45) is 0 Å². The number of hydrogen-bond donors (Lipinski definition) is 0. The van der Waals surface area contributed by atoms with Crippen LogP contribution in [-0.2, 0) is 22.7 Å². The summed E-state index contributed by atoms with van der Waals surface area (Å²) in [6, 6.07) is 11.7. The Bertz CT molecular complexity index is 1380. The van der Waals surface area contributed by atoms with E-state index in [1.807, 2.05) is 6.07 Å². The van der Waals surface area contributed by atoms with Gasteiger partial charge in [0, 0.05) is 0 Å². The zero-order valence-electron chi connectivity index (χ0n) is 18.3. The van der Waals surface area contributed by atoms with Crippen LogP contribution in [0.15, 0.2) is 60.7 Å². The summed E-state index contributed by atoms with van der Waals surface area (Å²) in [7, 11) is 1.23. The number of benzene rings is 2. The van der Waals surface area contributed by atoms with E-state index in [1.54, 1.807) is 30.3 Å². The number of rotatable bonds is 7. The lowest BCUT2D eigenvalue weighted by atomic mass is 10.2. The van der Waals surface area contributed by atoms with Crippen molar-refractivity contribution in [3.63, 3.8) is 0 Å². The number of thioether (sulfide) groups is 1. The number of hydrogen-bond acceptors (Lipinski definition) is 7. The topological polar surface area (TPSA) is 86.0 Å². The first kappa shape index (κ1) is 26.8. The Balaban J connectivity index is 1.47. The first-order valence-corrected chi connectivity index (χ1v) is 13.3. The van der Waals surface area contributed by atoms with E-state index in [-0.39, 0.29) is 29.6 Å². The minimum absolute atomic E-state index is 0.00816. The summed E-state index contributed by atoms with van der Waals surface area (Å²) in [6.07, 6.45) is 1.62. The third-order valence-corrected chi connectivity index (χ3v) is 7.75. The van der Waals surface area contributed by atoms with Crippen LogP contribution < -0.4 is 4.74 Å². The number of carbonyl (C=O) groups excluding carboxylic acids is 3. The summed E-state index contributed by atoms with van der Waals surface area (Å²) >= 11 is 19.8. The highest BCUT2D eigenvalue weighted by atomic mass is 79.9. The molecule has 1 aliphatic rings. The van der Waals surface area contributed by atoms with Crippen molar-refractivity contribution in [3.05, 3.63) is 89.0 Å². The lowest BCUT2D eigenvalue weighted by Gasteiger charge is -2.12. The number of imide groups is 1. The minimum atomic E-state index is -0.643. The second-order valence-electron chi connectivity index (χ2n) is 7.38. The number of nitrogens with zero attached hydrogens (tertiary/aromatic N) is 1. The first-order chi connectivity index (χ1) is 17.2. The Morgan fingerprint density at radius 2 is 1.81 bits per heavy atom. The van der Waals surface area contributed by atoms with Gasteiger partial charge in [0.25, 0.3) is 11.1 Å². The molecular weight excluding hydrogens is 661 g/mol. The van der Waals surface area contributed by atoms with E-state index < -0.39 is 17.1 Å². The molecule has 0 spiro atoms. The summed E-state index contributed by atoms with van der Waals surface area (Å²) in [5.74, 6) is -0.270. The van der Waals surface area contributed by atoms with Crippen LogP contribution in [0.5, 0.6) is 5.75 Å². The van der Waals surface area contributed by atoms with Gasteiger partial charge >= 0.3 is 5.97 Å². The van der Waals surface area contributed by atoms with Crippen molar-refractivity contribution in [1.29, 1.82) is 0 Å². The Kier molecular flexibility index (Phi) is 8.52. The predicted molar refractivity (Wildman–Crippen MR) is 144 cm³/mol. The van der Waals surface area contributed by atoms with Gasteiger partial charge in [0.05, 0.1) is 37.6 Å². The van der Waals surface area contributed by atoms with E-state index in [9.17, 15) is 14.4 Å². The van der Waals surface area contributed by atoms with Gasteiger partial charge < -0.3 is 13.9 Å². The van der Waals surface area contributed by atoms with Gasteiger partial charge in [0.1, 0.15) is 18.1 Å². The minimum Gasteiger partial charge on any atom is -0.487 e. The van der Waals surface area contributed by atoms with Gasteiger partial charge in [-0.3, -0.25) is 14.5 Å². The SMILES string of the molecule is COC(=O)c1ccc(CN2C(=O)S/C(=C/c3cc(Br)c(OCc4ccc(Cl)c(Cl)c4)c(Br)c3)C2=O)o1. The van der Waals surface area contributed by atoms with E-state index in [4.69, 9.17) is 32.4 Å². The number of amides is 2. The van der Waals surface area contributed by atoms with Gasteiger partial charge in [-0.15, -0.1) is 0 Å². The molecule has 1 fully saturated rings. The monoisotopic (exact) mass is 673 g/mol. The summed E-state index contributed by atoms with van der Waals surface area (Å²) in [5.41, 5.74) is 1.52. The number of methoxy groups -OCH3 is 1. The molecule has 0 radical (unpaired) electrons. The van der Waals surface area contributed by atoms with Crippen LogP contribution in [0.4, 0.5) is 4.79 Å². The molecule has 12 heteroatoms. The highest BCUT2D eigenvalue weighted by Crippen LogP contribution is 2.38. The number of halogens is 4. The Hall–Kier alpha value is -2.24. The third-order valence-electron chi connectivity index (χ3n) is 4.92. The van der Waals surface area contributed by atoms with Crippen molar-refractivity contribution in [2.45, 2.75) is 13.2 Å². The van der Waals surface area contributed by atoms with Crippen LogP contribution in [0, 0.1) is 0 Å². The van der Waals surface area contributed by atoms with Crippen molar-refractivity contribution < 1.29 is 28.3 Å². The third kappa shape index (κ3) is 6.00. The number of esters is 1. The fourth-order valence-corrected chi connectivity index (χ4v) is 5.81. The van der Waals surface area contributed by atoms with Crippen LogP contribution in [0.1, 0.15) is 27.4 Å². The second-order valence-corrected chi connectivity index (χ2v) is 10.9. The van der Waals surface area contributed by atoms with Crippen LogP contribution in [-0.4, -0.2) is 29.1 Å². The smallest absolute Gasteiger partial charge is 0.373 e. The van der Waals surface area contributed by atoms with Gasteiger partial charge in [0.2, 0.25) is 5.76 Å². The molecule has 0 unspecified atom stereocenters. The number of ether oxygens (including phenoxy) is 2. The quantitative estimate of drug-likeness (QED) is 0.187. The molecule has 0 bridgehead atoms. The fraction of sp³-hybridized carbons (Fsp3) is 0.125. The van der Waals surface area contributed by atoms with E-state index in [0.717, 1.165) is 22.2 Å². The Morgan fingerprint density at radius 3 is 2.47 bits per heavy atom. The molecule has 0 atom stereocenters. The average Bonchev–Trinajstić information content (AvgIpc) is 3.41. The number of carbonyl (C=O) groups is 3. The summed E-state index contributed by atoms with van der Waals surface area (Å²) in [4.78, 5) is 38.2. The summed E-state index contributed by atoms with van der Waals surface area (Å²) in [6.45, 7) is 0.157. The molecule has 3 aromatic rings. The van der Waals surface area contributed by atoms with E-state index >= 15 is 0 Å². The van der Waals surface area contributed by atoms with Crippen molar-refractivity contribution in [3.8, 4) is 5.75 Å². The number of furan rings is 1. The highest BCUT2D eigenvalue weighted by molar-refractivity contribution is 9.11. The maximum Gasteiger partial charge on any atom is 0.373 e. The molecule has 2 amide bonds.